The molecule has 3 aliphatic rings. The Bertz CT molecular complexity index is 1820. The number of aliphatic hydroxyl groups excluding tert-OH is 2. The van der Waals surface area contributed by atoms with Gasteiger partial charge in [0.2, 0.25) is 0 Å². The minimum atomic E-state index is -1.04. The van der Waals surface area contributed by atoms with Gasteiger partial charge in [-0.3, -0.25) is 4.99 Å². The Morgan fingerprint density at radius 2 is 1.94 bits per heavy atom. The minimum Gasteiger partial charge on any atom is -0.478 e. The lowest BCUT2D eigenvalue weighted by Gasteiger charge is -2.48. The molecule has 2 heterocycles. The van der Waals surface area contributed by atoms with Crippen LogP contribution < -0.4 is 11.1 Å². The third kappa shape index (κ3) is 9.44. The maximum Gasteiger partial charge on any atom is 0.328 e. The molecule has 2 bridgehead atoms. The molecule has 1 aromatic heterocycles. The molecular weight excluding hydrogens is 670 g/mol. The van der Waals surface area contributed by atoms with Crippen molar-refractivity contribution >= 4 is 41.1 Å². The molecule has 0 saturated carbocycles. The lowest BCUT2D eigenvalue weighted by atomic mass is 9.58. The Morgan fingerprint density at radius 1 is 1.08 bits per heavy atom. The maximum atomic E-state index is 12.4. The second-order valence-corrected chi connectivity index (χ2v) is 15.0. The Hall–Kier alpha value is -4.74. The minimum absolute atomic E-state index is 0.0474. The SMILES string of the molecule is NC1=NCCC(C(=CC(=O)O)C(CC2C3C=CC(CCC(O)CCC(C=O)CCCO)C2c2cc4cc(CC=O)ccc4cc2C3)[N-]c2ccc[nH]2)N1. The Labute approximate surface area is 310 Å². The number of carbonyl (C=O) groups is 3. The number of carboxylic acids is 1. The number of benzene rings is 2. The number of hydrogen-bond acceptors (Lipinski definition) is 8. The zero-order valence-corrected chi connectivity index (χ0v) is 30.1. The Morgan fingerprint density at radius 3 is 2.68 bits per heavy atom. The van der Waals surface area contributed by atoms with Gasteiger partial charge in [-0.15, -0.1) is 0 Å². The van der Waals surface area contributed by atoms with E-state index in [0.29, 0.717) is 69.3 Å². The first-order valence-electron chi connectivity index (χ1n) is 19.0. The lowest BCUT2D eigenvalue weighted by molar-refractivity contribution is -0.131. The quantitative estimate of drug-likeness (QED) is 0.0521. The normalized spacial score (nSPS) is 24.0. The fourth-order valence-electron chi connectivity index (χ4n) is 8.88. The van der Waals surface area contributed by atoms with Crippen molar-refractivity contribution in [2.75, 3.05) is 13.2 Å². The highest BCUT2D eigenvalue weighted by atomic mass is 16.4. The van der Waals surface area contributed by atoms with E-state index in [1.807, 2.05) is 24.4 Å². The number of nitrogens with one attached hydrogen (secondary N) is 2. The number of aliphatic hydroxyl groups is 2. The van der Waals surface area contributed by atoms with Crippen molar-refractivity contribution in [3.05, 3.63) is 94.5 Å². The zero-order valence-electron chi connectivity index (χ0n) is 30.1. The largest absolute Gasteiger partial charge is 0.478 e. The molecule has 0 amide bonds. The summed E-state index contributed by atoms with van der Waals surface area (Å²) in [5, 5.41) is 41.0. The fourth-order valence-corrected chi connectivity index (χ4v) is 8.88. The van der Waals surface area contributed by atoms with E-state index < -0.39 is 18.1 Å². The number of carbonyl (C=O) groups excluding carboxylic acids is 2. The van der Waals surface area contributed by atoms with Crippen molar-refractivity contribution in [1.82, 2.24) is 10.3 Å². The highest BCUT2D eigenvalue weighted by Gasteiger charge is 2.43. The third-order valence-electron chi connectivity index (χ3n) is 11.5. The van der Waals surface area contributed by atoms with E-state index in [1.165, 1.54) is 17.2 Å². The number of fused-ring (bicyclic) bond motifs is 5. The van der Waals surface area contributed by atoms with Crippen LogP contribution >= 0.6 is 0 Å². The molecule has 2 aromatic carbocycles. The number of H-pyrrole nitrogens is 1. The number of hydrogen-bond donors (Lipinski definition) is 6. The van der Waals surface area contributed by atoms with E-state index in [0.717, 1.165) is 41.7 Å². The fraction of sp³-hybridized carbons (Fsp3) is 0.476. The highest BCUT2D eigenvalue weighted by Crippen LogP contribution is 2.53. The van der Waals surface area contributed by atoms with Crippen LogP contribution in [0.3, 0.4) is 0 Å². The van der Waals surface area contributed by atoms with Gasteiger partial charge in [-0.05, 0) is 121 Å². The predicted octanol–water partition coefficient (Wildman–Crippen LogP) is 5.63. The van der Waals surface area contributed by atoms with Crippen LogP contribution in [0, 0.1) is 23.7 Å². The molecule has 1 aliphatic heterocycles. The molecular formula is C42H52N5O6-. The molecule has 2 aliphatic carbocycles. The first-order chi connectivity index (χ1) is 25.8. The van der Waals surface area contributed by atoms with Gasteiger partial charge in [0, 0.05) is 31.6 Å². The van der Waals surface area contributed by atoms with Crippen LogP contribution in [-0.2, 0) is 27.2 Å². The van der Waals surface area contributed by atoms with Gasteiger partial charge in [0.1, 0.15) is 12.6 Å². The van der Waals surface area contributed by atoms with Crippen LogP contribution in [0.1, 0.15) is 74.0 Å². The number of aromatic nitrogens is 1. The molecule has 53 heavy (non-hydrogen) atoms. The van der Waals surface area contributed by atoms with Crippen LogP contribution in [0.5, 0.6) is 0 Å². The van der Waals surface area contributed by atoms with Crippen molar-refractivity contribution in [3.63, 3.8) is 0 Å². The van der Waals surface area contributed by atoms with Gasteiger partial charge in [-0.25, -0.2) is 4.79 Å². The standard InChI is InChI=1S/C42H52N5O6/c43-42-45-16-13-37(47-42)36(24-40(52)53)38(46-39-4-1-15-44-39)23-35-30-9-8-28(10-12-33(51)11-6-27(25-50)3-2-17-48)41(35)34-22-31-19-26(14-18-49)5-7-29(31)20-32(34)21-30/h1,4-5,7-9,15,18-20,22,24-25,27-28,30,33,35,37-38,41,44,48,51H,2-3,6,10-14,16-17,21,23H2,(H,52,53)(H3,43,45,47)/q-1. The van der Waals surface area contributed by atoms with Gasteiger partial charge < -0.3 is 46.3 Å². The smallest absolute Gasteiger partial charge is 0.328 e. The average Bonchev–Trinajstić information content (AvgIpc) is 3.66. The van der Waals surface area contributed by atoms with Gasteiger partial charge in [-0.1, -0.05) is 66.6 Å². The molecule has 0 saturated heterocycles. The average molecular weight is 723 g/mol. The summed E-state index contributed by atoms with van der Waals surface area (Å²) in [5.74, 6) is 0.221. The molecule has 0 fully saturated rings. The number of guanidine groups is 1. The van der Waals surface area contributed by atoms with Gasteiger partial charge in [-0.2, -0.15) is 0 Å². The number of carboxylic acid groups (broad SMARTS) is 1. The van der Waals surface area contributed by atoms with Gasteiger partial charge in [0.15, 0.2) is 5.96 Å². The number of nitrogens with two attached hydrogens (primary N) is 1. The molecule has 7 N–H and O–H groups in total. The van der Waals surface area contributed by atoms with E-state index >= 15 is 0 Å². The third-order valence-corrected chi connectivity index (χ3v) is 11.5. The van der Waals surface area contributed by atoms with Crippen LogP contribution in [0.2, 0.25) is 0 Å². The number of allylic oxidation sites excluding steroid dienone is 2. The number of aldehydes is 2. The van der Waals surface area contributed by atoms with Crippen LogP contribution in [0.15, 0.2) is 77.5 Å². The summed E-state index contributed by atoms with van der Waals surface area (Å²) in [7, 11) is 0. The summed E-state index contributed by atoms with van der Waals surface area (Å²) < 4.78 is 0. The number of aromatic amines is 1. The number of rotatable bonds is 19. The second kappa shape index (κ2) is 17.9. The van der Waals surface area contributed by atoms with Gasteiger partial charge in [0.05, 0.1) is 12.1 Å². The van der Waals surface area contributed by atoms with Crippen molar-refractivity contribution in [2.45, 2.75) is 88.3 Å². The molecule has 11 heteroatoms. The van der Waals surface area contributed by atoms with Crippen molar-refractivity contribution in [3.8, 4) is 0 Å². The van der Waals surface area contributed by atoms with E-state index in [-0.39, 0.29) is 48.2 Å². The summed E-state index contributed by atoms with van der Waals surface area (Å²) in [5.41, 5.74) is 10.3. The first-order valence-corrected chi connectivity index (χ1v) is 19.0. The summed E-state index contributed by atoms with van der Waals surface area (Å²) in [6, 6.07) is 13.7. The molecule has 6 rings (SSSR count). The summed E-state index contributed by atoms with van der Waals surface area (Å²) in [6.45, 7) is 0.533. The topological polar surface area (TPSA) is 192 Å². The van der Waals surface area contributed by atoms with Crippen molar-refractivity contribution in [1.29, 1.82) is 0 Å². The summed E-state index contributed by atoms with van der Waals surface area (Å²) >= 11 is 0. The summed E-state index contributed by atoms with van der Waals surface area (Å²) in [4.78, 5) is 42.8. The lowest BCUT2D eigenvalue weighted by Crippen LogP contribution is -2.47. The monoisotopic (exact) mass is 722 g/mol. The molecule has 3 aromatic rings. The van der Waals surface area contributed by atoms with E-state index in [1.54, 1.807) is 0 Å². The van der Waals surface area contributed by atoms with Crippen molar-refractivity contribution < 1.29 is 29.7 Å². The number of aliphatic imine (C=N–C) groups is 1. The van der Waals surface area contributed by atoms with E-state index in [4.69, 9.17) is 11.1 Å². The first kappa shape index (κ1) is 38.0. The highest BCUT2D eigenvalue weighted by molar-refractivity contribution is 5.86. The zero-order chi connectivity index (χ0) is 37.3. The second-order valence-electron chi connectivity index (χ2n) is 15.0. The van der Waals surface area contributed by atoms with Crippen LogP contribution in [0.4, 0.5) is 5.82 Å². The maximum absolute atomic E-state index is 12.4. The Kier molecular flexibility index (Phi) is 12.8. The Balaban J connectivity index is 1.34. The number of nitrogens with zero attached hydrogens (tertiary/aromatic N) is 2. The van der Waals surface area contributed by atoms with E-state index in [9.17, 15) is 29.7 Å². The van der Waals surface area contributed by atoms with Crippen LogP contribution in [0.25, 0.3) is 16.1 Å². The molecule has 0 spiro atoms. The molecule has 282 valence electrons. The molecule has 8 atom stereocenters. The predicted molar refractivity (Wildman–Crippen MR) is 206 cm³/mol. The molecule has 8 unspecified atom stereocenters. The van der Waals surface area contributed by atoms with E-state index in [2.05, 4.69) is 51.7 Å². The molecule has 11 nitrogen and oxygen atoms in total. The molecule has 0 radical (unpaired) electrons. The van der Waals surface area contributed by atoms with Crippen molar-refractivity contribution in [2.24, 2.45) is 34.4 Å². The van der Waals surface area contributed by atoms with Gasteiger partial charge >= 0.3 is 5.97 Å². The van der Waals surface area contributed by atoms with Crippen LogP contribution in [-0.4, -0.2) is 76.1 Å². The summed E-state index contributed by atoms with van der Waals surface area (Å²) in [6.07, 6.45) is 15.0. The number of aliphatic carboxylic acids is 1. The van der Waals surface area contributed by atoms with Gasteiger partial charge in [0.25, 0.3) is 0 Å².